The normalized spacial score (nSPS) is 10.4. The third kappa shape index (κ3) is 4.20. The minimum Gasteiger partial charge on any atom is -0.354 e. The van der Waals surface area contributed by atoms with Crippen LogP contribution in [-0.2, 0) is 17.6 Å². The monoisotopic (exact) mass is 337 g/mol. The van der Waals surface area contributed by atoms with Gasteiger partial charge in [-0.3, -0.25) is 4.79 Å². The number of nitrogens with one attached hydrogen (secondary N) is 2. The summed E-state index contributed by atoms with van der Waals surface area (Å²) >= 11 is 1.58. The van der Waals surface area contributed by atoms with E-state index in [0.29, 0.717) is 12.2 Å². The molecule has 2 N–H and O–H groups in total. The molecule has 0 saturated heterocycles. The van der Waals surface area contributed by atoms with Crippen LogP contribution in [0.5, 0.6) is 0 Å². The quantitative estimate of drug-likeness (QED) is 0.689. The van der Waals surface area contributed by atoms with Crippen molar-refractivity contribution >= 4 is 34.4 Å². The molecular weight excluding hydrogens is 318 g/mol. The van der Waals surface area contributed by atoms with Crippen LogP contribution in [0.2, 0.25) is 0 Å². The molecule has 5 heteroatoms. The van der Waals surface area contributed by atoms with Crippen molar-refractivity contribution in [3.63, 3.8) is 0 Å². The van der Waals surface area contributed by atoms with Gasteiger partial charge in [-0.1, -0.05) is 31.2 Å². The number of pyridine rings is 1. The molecule has 3 aromatic rings. The van der Waals surface area contributed by atoms with Gasteiger partial charge >= 0.3 is 0 Å². The Morgan fingerprint density at radius 1 is 1.12 bits per heavy atom. The van der Waals surface area contributed by atoms with E-state index in [1.807, 2.05) is 41.8 Å². The first-order chi connectivity index (χ1) is 11.7. The maximum atomic E-state index is 12.0. The number of nitrogens with zero attached hydrogens (tertiary/aromatic N) is 1. The summed E-state index contributed by atoms with van der Waals surface area (Å²) in [7, 11) is 0. The van der Waals surface area contributed by atoms with Gasteiger partial charge < -0.3 is 10.6 Å². The Hall–Kier alpha value is -2.66. The summed E-state index contributed by atoms with van der Waals surface area (Å²) in [6, 6.07) is 15.8. The van der Waals surface area contributed by atoms with Crippen molar-refractivity contribution in [2.75, 3.05) is 10.6 Å². The number of rotatable bonds is 6. The molecule has 0 aliphatic rings. The Balaban J connectivity index is 1.62. The fourth-order valence-electron chi connectivity index (χ4n) is 2.41. The van der Waals surface area contributed by atoms with Crippen molar-refractivity contribution in [3.8, 4) is 0 Å². The third-order valence-corrected chi connectivity index (χ3v) is 4.50. The molecule has 2 aromatic heterocycles. The summed E-state index contributed by atoms with van der Waals surface area (Å²) in [6.07, 6.45) is 3.07. The number of para-hydroxylation sites is 1. The number of thiophene rings is 1. The van der Waals surface area contributed by atoms with Gasteiger partial charge in [0.15, 0.2) is 0 Å². The zero-order valence-corrected chi connectivity index (χ0v) is 14.3. The Morgan fingerprint density at radius 2 is 2.00 bits per heavy atom. The number of amides is 1. The van der Waals surface area contributed by atoms with Crippen molar-refractivity contribution in [1.82, 2.24) is 4.98 Å². The highest BCUT2D eigenvalue weighted by Crippen LogP contribution is 2.21. The number of hydrogen-bond acceptors (Lipinski definition) is 4. The zero-order chi connectivity index (χ0) is 16.8. The van der Waals surface area contributed by atoms with E-state index in [9.17, 15) is 4.79 Å². The number of carbonyl (C=O) groups is 1. The lowest BCUT2D eigenvalue weighted by molar-refractivity contribution is -0.115. The lowest BCUT2D eigenvalue weighted by atomic mass is 10.1. The number of aromatic nitrogens is 1. The van der Waals surface area contributed by atoms with Gasteiger partial charge in [-0.25, -0.2) is 4.98 Å². The van der Waals surface area contributed by atoms with E-state index in [0.717, 1.165) is 22.7 Å². The van der Waals surface area contributed by atoms with Crippen LogP contribution in [0.25, 0.3) is 0 Å². The lowest BCUT2D eigenvalue weighted by Crippen LogP contribution is -2.14. The fourth-order valence-corrected chi connectivity index (χ4v) is 3.11. The van der Waals surface area contributed by atoms with Gasteiger partial charge in [0.2, 0.25) is 5.91 Å². The molecule has 2 heterocycles. The molecule has 0 aliphatic heterocycles. The van der Waals surface area contributed by atoms with Crippen LogP contribution in [0.3, 0.4) is 0 Å². The average molecular weight is 337 g/mol. The van der Waals surface area contributed by atoms with E-state index in [2.05, 4.69) is 34.7 Å². The topological polar surface area (TPSA) is 54.0 Å². The second-order valence-electron chi connectivity index (χ2n) is 5.37. The maximum absolute atomic E-state index is 12.0. The molecule has 1 aromatic carbocycles. The second kappa shape index (κ2) is 7.75. The lowest BCUT2D eigenvalue weighted by Gasteiger charge is -2.11. The molecule has 122 valence electrons. The molecule has 0 saturated carbocycles. The first kappa shape index (κ1) is 16.2. The summed E-state index contributed by atoms with van der Waals surface area (Å²) in [4.78, 5) is 17.3. The van der Waals surface area contributed by atoms with Crippen LogP contribution in [-0.4, -0.2) is 10.9 Å². The van der Waals surface area contributed by atoms with E-state index in [-0.39, 0.29) is 5.91 Å². The molecule has 0 fully saturated rings. The molecule has 0 atom stereocenters. The second-order valence-corrected chi connectivity index (χ2v) is 6.40. The molecule has 0 unspecified atom stereocenters. The van der Waals surface area contributed by atoms with Crippen LogP contribution < -0.4 is 10.6 Å². The Kier molecular flexibility index (Phi) is 5.23. The highest BCUT2D eigenvalue weighted by atomic mass is 32.1. The highest BCUT2D eigenvalue weighted by molar-refractivity contribution is 7.10. The van der Waals surface area contributed by atoms with Gasteiger partial charge in [0.05, 0.1) is 18.3 Å². The van der Waals surface area contributed by atoms with Crippen LogP contribution in [0.15, 0.2) is 60.1 Å². The minimum absolute atomic E-state index is 0.0537. The van der Waals surface area contributed by atoms with E-state index < -0.39 is 0 Å². The van der Waals surface area contributed by atoms with Crippen molar-refractivity contribution in [2.45, 2.75) is 19.8 Å². The van der Waals surface area contributed by atoms with E-state index in [1.165, 1.54) is 5.56 Å². The van der Waals surface area contributed by atoms with Crippen molar-refractivity contribution in [1.29, 1.82) is 0 Å². The Morgan fingerprint density at radius 3 is 2.71 bits per heavy atom. The van der Waals surface area contributed by atoms with Gasteiger partial charge in [0.25, 0.3) is 0 Å². The Labute approximate surface area is 145 Å². The zero-order valence-electron chi connectivity index (χ0n) is 13.5. The maximum Gasteiger partial charge on any atom is 0.230 e. The molecule has 0 radical (unpaired) electrons. The summed E-state index contributed by atoms with van der Waals surface area (Å²) in [6.45, 7) is 2.13. The van der Waals surface area contributed by atoms with Crippen LogP contribution in [0.4, 0.5) is 17.2 Å². The average Bonchev–Trinajstić information content (AvgIpc) is 3.10. The summed E-state index contributed by atoms with van der Waals surface area (Å²) in [5.41, 5.74) is 3.23. The van der Waals surface area contributed by atoms with Gasteiger partial charge in [0, 0.05) is 10.6 Å². The molecule has 0 spiro atoms. The van der Waals surface area contributed by atoms with Crippen LogP contribution >= 0.6 is 11.3 Å². The number of anilines is 3. The van der Waals surface area contributed by atoms with E-state index >= 15 is 0 Å². The predicted molar refractivity (Wildman–Crippen MR) is 100.0 cm³/mol. The molecule has 4 nitrogen and oxygen atoms in total. The SMILES string of the molecule is CCc1ccccc1Nc1ccc(NC(=O)Cc2cccs2)nc1. The van der Waals surface area contributed by atoms with Gasteiger partial charge in [-0.05, 0) is 41.6 Å². The molecule has 0 aliphatic carbocycles. The number of hydrogen-bond donors (Lipinski definition) is 2. The van der Waals surface area contributed by atoms with Crippen LogP contribution in [0.1, 0.15) is 17.4 Å². The highest BCUT2D eigenvalue weighted by Gasteiger charge is 2.06. The third-order valence-electron chi connectivity index (χ3n) is 3.62. The predicted octanol–water partition coefficient (Wildman–Crippen LogP) is 4.63. The molecule has 24 heavy (non-hydrogen) atoms. The van der Waals surface area contributed by atoms with E-state index in [1.54, 1.807) is 17.5 Å². The summed E-state index contributed by atoms with van der Waals surface area (Å²) in [5, 5.41) is 8.16. The standard InChI is InChI=1S/C19H19N3OS/c1-2-14-6-3-4-8-17(14)21-15-9-10-18(20-13-15)22-19(23)12-16-7-5-11-24-16/h3-11,13,21H,2,12H2,1H3,(H,20,22,23). The first-order valence-corrected chi connectivity index (χ1v) is 8.76. The molecule has 1 amide bonds. The number of carbonyl (C=O) groups excluding carboxylic acids is 1. The van der Waals surface area contributed by atoms with Crippen molar-refractivity contribution in [2.24, 2.45) is 0 Å². The minimum atomic E-state index is -0.0537. The molecular formula is C19H19N3OS. The number of aryl methyl sites for hydroxylation is 1. The smallest absolute Gasteiger partial charge is 0.230 e. The molecule has 0 bridgehead atoms. The first-order valence-electron chi connectivity index (χ1n) is 7.88. The van der Waals surface area contributed by atoms with Crippen LogP contribution in [0, 0.1) is 0 Å². The number of benzene rings is 1. The van der Waals surface area contributed by atoms with Crippen molar-refractivity contribution < 1.29 is 4.79 Å². The van der Waals surface area contributed by atoms with Gasteiger partial charge in [-0.15, -0.1) is 11.3 Å². The molecule has 3 rings (SSSR count). The van der Waals surface area contributed by atoms with Gasteiger partial charge in [-0.2, -0.15) is 0 Å². The summed E-state index contributed by atoms with van der Waals surface area (Å²) in [5.74, 6) is 0.507. The summed E-state index contributed by atoms with van der Waals surface area (Å²) < 4.78 is 0. The van der Waals surface area contributed by atoms with Gasteiger partial charge in [0.1, 0.15) is 5.82 Å². The fraction of sp³-hybridized carbons (Fsp3) is 0.158. The van der Waals surface area contributed by atoms with Crippen molar-refractivity contribution in [3.05, 3.63) is 70.5 Å². The largest absolute Gasteiger partial charge is 0.354 e. The Bertz CT molecular complexity index is 798. The van der Waals surface area contributed by atoms with E-state index in [4.69, 9.17) is 0 Å².